The summed E-state index contributed by atoms with van der Waals surface area (Å²) in [6.45, 7) is 11.6. The highest BCUT2D eigenvalue weighted by Crippen LogP contribution is 2.47. The highest BCUT2D eigenvalue weighted by molar-refractivity contribution is 6.10. The Balaban J connectivity index is 1.78. The summed E-state index contributed by atoms with van der Waals surface area (Å²) in [6.07, 6.45) is -0.323. The molecule has 0 spiro atoms. The molecule has 0 heterocycles. The lowest BCUT2D eigenvalue weighted by molar-refractivity contribution is -0.150. The van der Waals surface area contributed by atoms with Crippen LogP contribution >= 0.6 is 0 Å². The fourth-order valence-corrected chi connectivity index (χ4v) is 5.77. The van der Waals surface area contributed by atoms with Gasteiger partial charge in [0.15, 0.2) is 0 Å². The standard InChI is InChI=1S/C33H38N2O5/c1-7-40-24-12-10-23(11-13-24)28-29(31(37)34-25-14-8-19(2)16-21(25)4)27(36)18-33(6,39)30(28)32(38)35-26-15-9-20(3)17-22(26)5/h8-17,28-30,39H,7,18H2,1-6H3,(H,34,37)(H,35,38). The Morgan fingerprint density at radius 2 is 1.40 bits per heavy atom. The van der Waals surface area contributed by atoms with E-state index in [0.717, 1.165) is 22.3 Å². The molecule has 4 unspecified atom stereocenters. The number of anilines is 2. The van der Waals surface area contributed by atoms with Gasteiger partial charge in [0.1, 0.15) is 17.5 Å². The lowest BCUT2D eigenvalue weighted by atomic mass is 9.61. The van der Waals surface area contributed by atoms with Crippen molar-refractivity contribution in [2.24, 2.45) is 11.8 Å². The zero-order valence-electron chi connectivity index (χ0n) is 24.0. The molecule has 0 bridgehead atoms. The second-order valence-corrected chi connectivity index (χ2v) is 11.1. The van der Waals surface area contributed by atoms with E-state index < -0.39 is 41.0 Å². The molecule has 1 aliphatic carbocycles. The van der Waals surface area contributed by atoms with Crippen LogP contribution in [0.15, 0.2) is 60.7 Å². The molecule has 0 aliphatic heterocycles. The van der Waals surface area contributed by atoms with Crippen LogP contribution in [-0.4, -0.2) is 34.9 Å². The third kappa shape index (κ3) is 6.10. The van der Waals surface area contributed by atoms with Crippen LogP contribution in [0.2, 0.25) is 0 Å². The van der Waals surface area contributed by atoms with Gasteiger partial charge in [0, 0.05) is 23.7 Å². The van der Waals surface area contributed by atoms with Crippen molar-refractivity contribution >= 4 is 29.0 Å². The first kappa shape index (κ1) is 29.0. The summed E-state index contributed by atoms with van der Waals surface area (Å²) in [7, 11) is 0. The Kier molecular flexibility index (Phi) is 8.45. The van der Waals surface area contributed by atoms with Gasteiger partial charge < -0.3 is 20.5 Å². The van der Waals surface area contributed by atoms with Gasteiger partial charge in [-0.15, -0.1) is 0 Å². The van der Waals surface area contributed by atoms with Gasteiger partial charge in [-0.05, 0) is 82.5 Å². The molecule has 7 heteroatoms. The van der Waals surface area contributed by atoms with Crippen molar-refractivity contribution in [3.63, 3.8) is 0 Å². The van der Waals surface area contributed by atoms with E-state index >= 15 is 0 Å². The zero-order chi connectivity index (χ0) is 29.2. The minimum absolute atomic E-state index is 0.323. The minimum Gasteiger partial charge on any atom is -0.494 e. The van der Waals surface area contributed by atoms with Crippen molar-refractivity contribution in [1.82, 2.24) is 0 Å². The third-order valence-electron chi connectivity index (χ3n) is 7.69. The number of benzene rings is 3. The maximum atomic E-state index is 14.0. The number of nitrogens with one attached hydrogen (secondary N) is 2. The van der Waals surface area contributed by atoms with Crippen molar-refractivity contribution in [3.05, 3.63) is 88.5 Å². The molecule has 40 heavy (non-hydrogen) atoms. The Labute approximate surface area is 236 Å². The van der Waals surface area contributed by atoms with E-state index in [1.165, 1.54) is 6.92 Å². The second-order valence-electron chi connectivity index (χ2n) is 11.1. The largest absolute Gasteiger partial charge is 0.494 e. The van der Waals surface area contributed by atoms with Crippen molar-refractivity contribution in [2.75, 3.05) is 17.2 Å². The lowest BCUT2D eigenvalue weighted by Gasteiger charge is -2.44. The topological polar surface area (TPSA) is 105 Å². The first-order chi connectivity index (χ1) is 18.9. The molecule has 3 aromatic rings. The van der Waals surface area contributed by atoms with Gasteiger partial charge in [0.25, 0.3) is 0 Å². The molecule has 4 rings (SSSR count). The van der Waals surface area contributed by atoms with E-state index in [2.05, 4.69) is 10.6 Å². The summed E-state index contributed by atoms with van der Waals surface area (Å²) in [5, 5.41) is 17.5. The zero-order valence-corrected chi connectivity index (χ0v) is 24.0. The van der Waals surface area contributed by atoms with Crippen LogP contribution in [0.4, 0.5) is 11.4 Å². The van der Waals surface area contributed by atoms with Crippen LogP contribution in [0.5, 0.6) is 5.75 Å². The van der Waals surface area contributed by atoms with Gasteiger partial charge in [0.05, 0.1) is 18.1 Å². The molecule has 3 N–H and O–H groups in total. The molecule has 7 nitrogen and oxygen atoms in total. The summed E-state index contributed by atoms with van der Waals surface area (Å²) in [6, 6.07) is 18.4. The summed E-state index contributed by atoms with van der Waals surface area (Å²) in [4.78, 5) is 41.4. The second kappa shape index (κ2) is 11.6. The molecular formula is C33H38N2O5. The maximum Gasteiger partial charge on any atom is 0.235 e. The van der Waals surface area contributed by atoms with Crippen molar-refractivity contribution in [2.45, 2.75) is 59.5 Å². The number of carbonyl (C=O) groups excluding carboxylic acids is 3. The Bertz CT molecular complexity index is 1430. The lowest BCUT2D eigenvalue weighted by Crippen LogP contribution is -2.56. The van der Waals surface area contributed by atoms with Crippen molar-refractivity contribution < 1.29 is 24.2 Å². The molecule has 210 valence electrons. The summed E-state index contributed by atoms with van der Waals surface area (Å²) in [5.41, 5.74) is 3.98. The van der Waals surface area contributed by atoms with E-state index in [4.69, 9.17) is 4.74 Å². The Morgan fingerprint density at radius 3 is 1.90 bits per heavy atom. The minimum atomic E-state index is -1.68. The number of aliphatic hydroxyl groups is 1. The predicted molar refractivity (Wildman–Crippen MR) is 157 cm³/mol. The van der Waals surface area contributed by atoms with E-state index in [-0.39, 0.29) is 6.42 Å². The molecule has 0 aromatic heterocycles. The predicted octanol–water partition coefficient (Wildman–Crippen LogP) is 5.64. The summed E-state index contributed by atoms with van der Waals surface area (Å²) in [5.74, 6) is -3.92. The molecule has 1 fully saturated rings. The number of hydrogen-bond acceptors (Lipinski definition) is 5. The van der Waals surface area contributed by atoms with E-state index in [1.807, 2.05) is 71.0 Å². The normalized spacial score (nSPS) is 22.5. The van der Waals surface area contributed by atoms with E-state index in [9.17, 15) is 19.5 Å². The van der Waals surface area contributed by atoms with Crippen molar-refractivity contribution in [1.29, 1.82) is 0 Å². The fraction of sp³-hybridized carbons (Fsp3) is 0.364. The Morgan fingerprint density at radius 1 is 0.875 bits per heavy atom. The van der Waals surface area contributed by atoms with Gasteiger partial charge in [-0.25, -0.2) is 0 Å². The maximum absolute atomic E-state index is 14.0. The van der Waals surface area contributed by atoms with Crippen LogP contribution in [-0.2, 0) is 14.4 Å². The highest BCUT2D eigenvalue weighted by Gasteiger charge is 2.56. The third-order valence-corrected chi connectivity index (χ3v) is 7.69. The average molecular weight is 543 g/mol. The molecule has 3 aromatic carbocycles. The summed E-state index contributed by atoms with van der Waals surface area (Å²) >= 11 is 0. The quantitative estimate of drug-likeness (QED) is 0.336. The molecular weight excluding hydrogens is 504 g/mol. The highest BCUT2D eigenvalue weighted by atomic mass is 16.5. The molecule has 1 aliphatic rings. The number of hydrogen-bond donors (Lipinski definition) is 3. The van der Waals surface area contributed by atoms with Crippen LogP contribution in [0.1, 0.15) is 54.0 Å². The van der Waals surface area contributed by atoms with Crippen LogP contribution in [0.25, 0.3) is 0 Å². The first-order valence-electron chi connectivity index (χ1n) is 13.7. The molecule has 0 saturated heterocycles. The van der Waals surface area contributed by atoms with Gasteiger partial charge in [-0.2, -0.15) is 0 Å². The SMILES string of the molecule is CCOc1ccc(C2C(C(=O)Nc3ccc(C)cc3C)C(=O)CC(C)(O)C2C(=O)Nc2ccc(C)cc2C)cc1. The number of amides is 2. The smallest absolute Gasteiger partial charge is 0.235 e. The number of Topliss-reactive ketones (excluding diaryl/α,β-unsaturated/α-hetero) is 1. The van der Waals surface area contributed by atoms with Crippen LogP contribution < -0.4 is 15.4 Å². The number of ketones is 1. The fourth-order valence-electron chi connectivity index (χ4n) is 5.77. The Hall–Kier alpha value is -3.97. The van der Waals surface area contributed by atoms with E-state index in [0.29, 0.717) is 29.3 Å². The monoisotopic (exact) mass is 542 g/mol. The van der Waals surface area contributed by atoms with Crippen LogP contribution in [0.3, 0.4) is 0 Å². The van der Waals surface area contributed by atoms with E-state index in [1.54, 1.807) is 24.3 Å². The molecule has 0 radical (unpaired) electrons. The average Bonchev–Trinajstić information content (AvgIpc) is 2.87. The number of rotatable bonds is 7. The van der Waals surface area contributed by atoms with Gasteiger partial charge in [0.2, 0.25) is 11.8 Å². The van der Waals surface area contributed by atoms with Crippen molar-refractivity contribution in [3.8, 4) is 5.75 Å². The van der Waals surface area contributed by atoms with Gasteiger partial charge in [-0.1, -0.05) is 47.5 Å². The number of ether oxygens (including phenoxy) is 1. The number of carbonyl (C=O) groups is 3. The molecule has 2 amide bonds. The van der Waals surface area contributed by atoms with Crippen LogP contribution in [0, 0.1) is 39.5 Å². The molecule has 4 atom stereocenters. The van der Waals surface area contributed by atoms with Gasteiger partial charge in [-0.3, -0.25) is 14.4 Å². The van der Waals surface area contributed by atoms with Gasteiger partial charge >= 0.3 is 0 Å². The molecule has 1 saturated carbocycles. The number of aryl methyl sites for hydroxylation is 4. The first-order valence-corrected chi connectivity index (χ1v) is 13.7. The summed E-state index contributed by atoms with van der Waals surface area (Å²) < 4.78 is 5.59.